The first-order valence-corrected chi connectivity index (χ1v) is 31.7. The lowest BCUT2D eigenvalue weighted by atomic mass is 9.81. The zero-order valence-electron chi connectivity index (χ0n) is 51.4. The molecule has 0 radical (unpaired) electrons. The van der Waals surface area contributed by atoms with Gasteiger partial charge in [0.2, 0.25) is 35.4 Å². The minimum absolute atomic E-state index is 0.0507. The number of amides is 6. The van der Waals surface area contributed by atoms with Gasteiger partial charge in [0.15, 0.2) is 5.78 Å². The number of ether oxygens (including phenoxy) is 4. The van der Waals surface area contributed by atoms with Crippen LogP contribution in [0.25, 0.3) is 0 Å². The van der Waals surface area contributed by atoms with Gasteiger partial charge < -0.3 is 71.9 Å². The Kier molecular flexibility index (Phi) is 44.6. The van der Waals surface area contributed by atoms with Crippen LogP contribution < -0.4 is 43.0 Å². The number of Topliss-reactive ketones (excluding diaryl/α,β-unsaturated/α-hetero) is 1. The number of hydrogen-bond donors (Lipinski definition) is 11. The summed E-state index contributed by atoms with van der Waals surface area (Å²) >= 11 is 0. The zero-order valence-corrected chi connectivity index (χ0v) is 51.4. The highest BCUT2D eigenvalue weighted by molar-refractivity contribution is 5.87. The van der Waals surface area contributed by atoms with E-state index >= 15 is 0 Å². The van der Waals surface area contributed by atoms with E-state index in [0.29, 0.717) is 51.6 Å². The van der Waals surface area contributed by atoms with Crippen LogP contribution in [0.15, 0.2) is 24.3 Å². The van der Waals surface area contributed by atoms with Gasteiger partial charge in [-0.2, -0.15) is 0 Å². The third-order valence-corrected chi connectivity index (χ3v) is 15.2. The predicted octanol–water partition coefficient (Wildman–Crippen LogP) is 4.50. The van der Waals surface area contributed by atoms with Gasteiger partial charge in [0.1, 0.15) is 25.0 Å². The highest BCUT2D eigenvalue weighted by Gasteiger charge is 2.30. The van der Waals surface area contributed by atoms with Gasteiger partial charge in [-0.3, -0.25) is 43.7 Å². The van der Waals surface area contributed by atoms with Crippen LogP contribution in [0.3, 0.4) is 0 Å². The highest BCUT2D eigenvalue weighted by atomic mass is 16.5. The van der Waals surface area contributed by atoms with Crippen molar-refractivity contribution < 1.29 is 77.4 Å². The molecule has 3 atom stereocenters. The lowest BCUT2D eigenvalue weighted by molar-refractivity contribution is -0.143. The molecule has 24 nitrogen and oxygen atoms in total. The van der Waals surface area contributed by atoms with Gasteiger partial charge in [-0.05, 0) is 101 Å². The Bertz CT molecular complexity index is 2060. The van der Waals surface area contributed by atoms with Crippen LogP contribution in [0, 0.1) is 11.8 Å². The average molecular weight is 1220 g/mol. The first-order valence-electron chi connectivity index (χ1n) is 31.7. The molecule has 0 aliphatic heterocycles. The summed E-state index contributed by atoms with van der Waals surface area (Å²) in [7, 11) is 1.68. The number of nitrogens with two attached hydrogens (primary N) is 1. The second kappa shape index (κ2) is 50.2. The van der Waals surface area contributed by atoms with Gasteiger partial charge >= 0.3 is 11.9 Å². The number of primary amides is 1. The van der Waals surface area contributed by atoms with Crippen molar-refractivity contribution in [1.82, 2.24) is 37.2 Å². The Morgan fingerprint density at radius 1 is 0.523 bits per heavy atom. The molecular formula is C62H106N8O16. The van der Waals surface area contributed by atoms with Crippen molar-refractivity contribution in [3.8, 4) is 5.75 Å². The highest BCUT2D eigenvalue weighted by Crippen LogP contribution is 2.29. The third kappa shape index (κ3) is 41.3. The maximum absolute atomic E-state index is 13.0. The largest absolute Gasteiger partial charge is 0.508 e. The van der Waals surface area contributed by atoms with E-state index in [1.165, 1.54) is 76.3 Å². The SMILES string of the molecule is CN[C@@H](CCCCNC(=O)COCCOCCNC(=O)COCCOCCNC(=O)CC[C@H](NC(=O)[C@H]1CC[C@H](CNC(=O)CCCCCCCCCCCCCCCCCCC(=O)O)CC1)C(=O)O)C(=O)CN[C@@H](Cc1ccc(O)cc1)C(N)=O. The molecule has 0 unspecified atom stereocenters. The number of phenolic OH excluding ortho intramolecular Hbond substituents is 1. The molecule has 0 spiro atoms. The molecule has 6 amide bonds. The number of aliphatic carboxylic acids is 2. The van der Waals surface area contributed by atoms with Gasteiger partial charge in [-0.1, -0.05) is 102 Å². The summed E-state index contributed by atoms with van der Waals surface area (Å²) in [6, 6.07) is 4.00. The summed E-state index contributed by atoms with van der Waals surface area (Å²) in [5.74, 6) is -3.85. The summed E-state index contributed by atoms with van der Waals surface area (Å²) in [5.41, 5.74) is 6.32. The van der Waals surface area contributed by atoms with E-state index in [4.69, 9.17) is 29.8 Å². The number of unbranched alkanes of at least 4 members (excludes halogenated alkanes) is 16. The number of carbonyl (C=O) groups is 9. The fraction of sp³-hybridized carbons (Fsp3) is 0.758. The van der Waals surface area contributed by atoms with Crippen molar-refractivity contribution in [2.45, 2.75) is 198 Å². The molecule has 0 saturated heterocycles. The minimum Gasteiger partial charge on any atom is -0.508 e. The molecule has 24 heteroatoms. The van der Waals surface area contributed by atoms with E-state index in [-0.39, 0.29) is 151 Å². The molecule has 490 valence electrons. The number of benzene rings is 1. The van der Waals surface area contributed by atoms with Gasteiger partial charge in [0.05, 0.1) is 58.3 Å². The fourth-order valence-corrected chi connectivity index (χ4v) is 9.98. The van der Waals surface area contributed by atoms with E-state index < -0.39 is 36.0 Å². The van der Waals surface area contributed by atoms with Crippen LogP contribution in [0.1, 0.15) is 179 Å². The molecule has 12 N–H and O–H groups in total. The van der Waals surface area contributed by atoms with Crippen LogP contribution >= 0.6 is 0 Å². The second-order valence-electron chi connectivity index (χ2n) is 22.4. The quantitative estimate of drug-likeness (QED) is 0.0400. The van der Waals surface area contributed by atoms with Crippen molar-refractivity contribution in [2.24, 2.45) is 17.6 Å². The third-order valence-electron chi connectivity index (χ3n) is 15.2. The standard InChI is InChI=1S/C62H106N8O16/c1-64-51(54(72)44-68-53(60(63)79)42-47-25-29-50(71)30-26-47)20-18-19-33-65-57(75)45-85-40-39-84-37-35-67-58(76)46-86-41-38-83-36-34-66-56(74)32-31-52(62(81)82)70-61(80)49-27-23-48(24-28-49)43-69-55(73)21-16-14-12-10-8-6-4-2-3-5-7-9-11-13-15-17-22-59(77)78/h25-26,29-30,48-49,51-53,64,68,71H,2-24,27-28,31-46H2,1H3,(H2,63,79)(H,65,75)(H,66,74)(H,67,76)(H,69,73)(H,70,80)(H,77,78)(H,81,82)/t48-,49-,51-,52-,53-/m0/s1. The second-order valence-corrected chi connectivity index (χ2v) is 22.4. The number of aromatic hydroxyl groups is 1. The maximum atomic E-state index is 13.0. The molecule has 1 aliphatic carbocycles. The average Bonchev–Trinajstić information content (AvgIpc) is 3.70. The Balaban J connectivity index is 1.37. The Labute approximate surface area is 509 Å². The van der Waals surface area contributed by atoms with Gasteiger partial charge in [-0.25, -0.2) is 4.79 Å². The zero-order chi connectivity index (χ0) is 62.8. The Morgan fingerprint density at radius 2 is 1.01 bits per heavy atom. The topological polar surface area (TPSA) is 361 Å². The van der Waals surface area contributed by atoms with Gasteiger partial charge in [0, 0.05) is 51.4 Å². The fourth-order valence-electron chi connectivity index (χ4n) is 9.98. The first kappa shape index (κ1) is 76.3. The summed E-state index contributed by atoms with van der Waals surface area (Å²) < 4.78 is 21.6. The molecule has 1 aliphatic rings. The molecule has 0 bridgehead atoms. The van der Waals surface area contributed by atoms with E-state index in [2.05, 4.69) is 37.2 Å². The normalized spacial score (nSPS) is 15.0. The number of carbonyl (C=O) groups excluding carboxylic acids is 7. The van der Waals surface area contributed by atoms with Crippen LogP contribution in [0.5, 0.6) is 5.75 Å². The van der Waals surface area contributed by atoms with Crippen LogP contribution in [-0.4, -0.2) is 179 Å². The lowest BCUT2D eigenvalue weighted by Gasteiger charge is -2.28. The summed E-state index contributed by atoms with van der Waals surface area (Å²) in [5, 5.41) is 47.7. The van der Waals surface area contributed by atoms with Gasteiger partial charge in [-0.15, -0.1) is 0 Å². The number of likely N-dealkylation sites (N-methyl/N-ethyl adjacent to an activating group) is 1. The number of phenols is 1. The summed E-state index contributed by atoms with van der Waals surface area (Å²) in [4.78, 5) is 109. The van der Waals surface area contributed by atoms with Crippen LogP contribution in [0.2, 0.25) is 0 Å². The van der Waals surface area contributed by atoms with Crippen LogP contribution in [0.4, 0.5) is 0 Å². The van der Waals surface area contributed by atoms with Gasteiger partial charge in [0.25, 0.3) is 0 Å². The van der Waals surface area contributed by atoms with E-state index in [1.807, 2.05) is 0 Å². The number of carboxylic acid groups (broad SMARTS) is 2. The smallest absolute Gasteiger partial charge is 0.326 e. The molecule has 0 aromatic heterocycles. The number of rotatable bonds is 56. The van der Waals surface area contributed by atoms with E-state index in [0.717, 1.165) is 56.9 Å². The number of carboxylic acids is 2. The molecule has 1 fully saturated rings. The maximum Gasteiger partial charge on any atom is 0.326 e. The summed E-state index contributed by atoms with van der Waals surface area (Å²) in [6.07, 6.45) is 24.1. The molecule has 1 aromatic rings. The van der Waals surface area contributed by atoms with E-state index in [1.54, 1.807) is 19.2 Å². The predicted molar refractivity (Wildman–Crippen MR) is 325 cm³/mol. The van der Waals surface area contributed by atoms with Crippen molar-refractivity contribution in [2.75, 3.05) is 92.6 Å². The summed E-state index contributed by atoms with van der Waals surface area (Å²) in [6.45, 7) is 2.09. The lowest BCUT2D eigenvalue weighted by Crippen LogP contribution is -2.48. The van der Waals surface area contributed by atoms with Crippen molar-refractivity contribution in [1.29, 1.82) is 0 Å². The Hall–Kier alpha value is -5.79. The minimum atomic E-state index is -1.21. The van der Waals surface area contributed by atoms with Crippen LogP contribution in [-0.2, 0) is 68.5 Å². The molecule has 1 aromatic carbocycles. The van der Waals surface area contributed by atoms with Crippen molar-refractivity contribution in [3.63, 3.8) is 0 Å². The van der Waals surface area contributed by atoms with Crippen molar-refractivity contribution in [3.05, 3.63) is 29.8 Å². The molecule has 2 rings (SSSR count). The van der Waals surface area contributed by atoms with Crippen molar-refractivity contribution >= 4 is 53.2 Å². The molecular weight excluding hydrogens is 1110 g/mol. The molecule has 1 saturated carbocycles. The van der Waals surface area contributed by atoms with E-state index in [9.17, 15) is 53.4 Å². The molecule has 86 heavy (non-hydrogen) atoms. The number of nitrogens with one attached hydrogen (secondary N) is 7. The number of ketones is 1. The number of hydrogen-bond acceptors (Lipinski definition) is 16. The first-order chi connectivity index (χ1) is 41.6. The molecule has 0 heterocycles. The monoisotopic (exact) mass is 1220 g/mol. The Morgan fingerprint density at radius 3 is 1.52 bits per heavy atom.